The summed E-state index contributed by atoms with van der Waals surface area (Å²) in [4.78, 5) is 9.26. The quantitative estimate of drug-likeness (QED) is 0.270. The summed E-state index contributed by atoms with van der Waals surface area (Å²) >= 11 is 0. The maximum atomic E-state index is 13.0. The molecule has 2 rings (SSSR count). The number of halogens is 2. The highest BCUT2D eigenvalue weighted by Gasteiger charge is 2.09. The maximum absolute atomic E-state index is 13.0. The molecule has 1 N–H and O–H groups in total. The second kappa shape index (κ2) is 13.3. The van der Waals surface area contributed by atoms with Crippen molar-refractivity contribution < 1.29 is 9.13 Å². The van der Waals surface area contributed by atoms with Crippen LogP contribution < -0.4 is 5.32 Å². The highest BCUT2D eigenvalue weighted by molar-refractivity contribution is 14.0. The van der Waals surface area contributed by atoms with E-state index < -0.39 is 0 Å². The van der Waals surface area contributed by atoms with Crippen LogP contribution in [0.3, 0.4) is 0 Å². The second-order valence-corrected chi connectivity index (χ2v) is 6.38. The van der Waals surface area contributed by atoms with E-state index in [9.17, 15) is 4.39 Å². The van der Waals surface area contributed by atoms with Gasteiger partial charge in [0.05, 0.1) is 13.2 Å². The van der Waals surface area contributed by atoms with Crippen LogP contribution in [-0.2, 0) is 11.3 Å². The molecule has 1 saturated heterocycles. The van der Waals surface area contributed by atoms with Gasteiger partial charge in [-0.1, -0.05) is 12.1 Å². The first kappa shape index (κ1) is 23.1. The minimum absolute atomic E-state index is 0. The Morgan fingerprint density at radius 3 is 2.58 bits per heavy atom. The predicted molar refractivity (Wildman–Crippen MR) is 116 cm³/mol. The van der Waals surface area contributed by atoms with Crippen LogP contribution in [0, 0.1) is 5.82 Å². The van der Waals surface area contributed by atoms with Gasteiger partial charge in [0.15, 0.2) is 5.96 Å². The molecule has 0 bridgehead atoms. The minimum Gasteiger partial charge on any atom is -0.379 e. The van der Waals surface area contributed by atoms with Crippen molar-refractivity contribution in [2.75, 3.05) is 53.0 Å². The van der Waals surface area contributed by atoms with E-state index in [2.05, 4.69) is 22.0 Å². The smallest absolute Gasteiger partial charge is 0.193 e. The summed E-state index contributed by atoms with van der Waals surface area (Å²) in [5, 5.41) is 3.33. The van der Waals surface area contributed by atoms with Crippen LogP contribution in [0.25, 0.3) is 0 Å². The van der Waals surface area contributed by atoms with Crippen LogP contribution in [0.1, 0.15) is 25.3 Å². The van der Waals surface area contributed by atoms with Crippen LogP contribution >= 0.6 is 24.0 Å². The Morgan fingerprint density at radius 1 is 1.23 bits per heavy atom. The van der Waals surface area contributed by atoms with Crippen LogP contribution in [0.2, 0.25) is 0 Å². The molecule has 0 saturated carbocycles. The highest BCUT2D eigenvalue weighted by Crippen LogP contribution is 2.06. The van der Waals surface area contributed by atoms with Gasteiger partial charge in [-0.3, -0.25) is 9.89 Å². The van der Waals surface area contributed by atoms with Gasteiger partial charge < -0.3 is 15.0 Å². The van der Waals surface area contributed by atoms with E-state index in [1.54, 1.807) is 0 Å². The van der Waals surface area contributed by atoms with Crippen molar-refractivity contribution in [1.82, 2.24) is 15.1 Å². The molecule has 1 aliphatic heterocycles. The number of aliphatic imine (C=N–C) groups is 1. The Hall–Kier alpha value is -0.930. The zero-order valence-electron chi connectivity index (χ0n) is 15.9. The molecule has 0 aromatic heterocycles. The summed E-state index contributed by atoms with van der Waals surface area (Å²) in [5.74, 6) is 0.699. The summed E-state index contributed by atoms with van der Waals surface area (Å²) in [6.45, 7) is 9.37. The summed E-state index contributed by atoms with van der Waals surface area (Å²) in [6.07, 6.45) is 2.24. The van der Waals surface area contributed by atoms with Crippen LogP contribution in [0.4, 0.5) is 4.39 Å². The summed E-state index contributed by atoms with van der Waals surface area (Å²) in [7, 11) is 2.01. The Labute approximate surface area is 174 Å². The average molecular weight is 478 g/mol. The molecule has 1 aliphatic rings. The van der Waals surface area contributed by atoms with Crippen molar-refractivity contribution in [1.29, 1.82) is 0 Å². The lowest BCUT2D eigenvalue weighted by Gasteiger charge is -2.26. The second-order valence-electron chi connectivity index (χ2n) is 6.38. The fourth-order valence-corrected chi connectivity index (χ4v) is 2.87. The molecule has 0 amide bonds. The van der Waals surface area contributed by atoms with E-state index in [0.717, 1.165) is 70.3 Å². The maximum Gasteiger partial charge on any atom is 0.193 e. The number of hydrogen-bond acceptors (Lipinski definition) is 3. The lowest BCUT2D eigenvalue weighted by molar-refractivity contribution is 0.0373. The molecule has 1 heterocycles. The molecule has 1 aromatic carbocycles. The van der Waals surface area contributed by atoms with Gasteiger partial charge in [0, 0.05) is 39.8 Å². The van der Waals surface area contributed by atoms with E-state index in [1.165, 1.54) is 12.1 Å². The number of nitrogens with zero attached hydrogens (tertiary/aromatic N) is 3. The highest BCUT2D eigenvalue weighted by atomic mass is 127. The molecule has 26 heavy (non-hydrogen) atoms. The first-order chi connectivity index (χ1) is 12.2. The topological polar surface area (TPSA) is 40.1 Å². The van der Waals surface area contributed by atoms with Gasteiger partial charge in [-0.25, -0.2) is 4.39 Å². The average Bonchev–Trinajstić information content (AvgIpc) is 2.63. The summed E-state index contributed by atoms with van der Waals surface area (Å²) < 4.78 is 18.4. The third-order valence-corrected chi connectivity index (χ3v) is 4.28. The molecule has 1 aromatic rings. The Morgan fingerprint density at radius 2 is 1.92 bits per heavy atom. The van der Waals surface area contributed by atoms with Crippen LogP contribution in [0.15, 0.2) is 29.3 Å². The Balaban J connectivity index is 0.00000338. The number of unbranched alkanes of at least 4 members (excludes halogenated alkanes) is 1. The van der Waals surface area contributed by atoms with Crippen molar-refractivity contribution in [2.24, 2.45) is 4.99 Å². The SMILES string of the molecule is CCNC(=NCCCCN1CCOCC1)N(C)Cc1ccc(F)cc1.I. The van der Waals surface area contributed by atoms with E-state index in [-0.39, 0.29) is 29.8 Å². The minimum atomic E-state index is -0.202. The molecular formula is C19H32FIN4O. The first-order valence-corrected chi connectivity index (χ1v) is 9.23. The van der Waals surface area contributed by atoms with Crippen molar-refractivity contribution in [2.45, 2.75) is 26.3 Å². The molecule has 1 fully saturated rings. The zero-order valence-corrected chi connectivity index (χ0v) is 18.2. The number of guanidine groups is 1. The molecule has 7 heteroatoms. The third kappa shape index (κ3) is 8.64. The van der Waals surface area contributed by atoms with Crippen LogP contribution in [-0.4, -0.2) is 68.7 Å². The van der Waals surface area contributed by atoms with E-state index in [4.69, 9.17) is 9.73 Å². The van der Waals surface area contributed by atoms with Crippen molar-refractivity contribution in [3.63, 3.8) is 0 Å². The summed E-state index contributed by atoms with van der Waals surface area (Å²) in [6, 6.07) is 6.63. The number of rotatable bonds is 8. The van der Waals surface area contributed by atoms with Gasteiger partial charge >= 0.3 is 0 Å². The lowest BCUT2D eigenvalue weighted by Crippen LogP contribution is -2.38. The van der Waals surface area contributed by atoms with Crippen molar-refractivity contribution in [3.8, 4) is 0 Å². The number of morpholine rings is 1. The number of hydrogen-bond donors (Lipinski definition) is 1. The molecular weight excluding hydrogens is 446 g/mol. The normalized spacial score (nSPS) is 15.4. The molecule has 148 valence electrons. The predicted octanol–water partition coefficient (Wildman–Crippen LogP) is 2.95. The molecule has 0 unspecified atom stereocenters. The van der Waals surface area contributed by atoms with Crippen LogP contribution in [0.5, 0.6) is 0 Å². The van der Waals surface area contributed by atoms with Gasteiger partial charge in [-0.2, -0.15) is 0 Å². The molecule has 5 nitrogen and oxygen atoms in total. The summed E-state index contributed by atoms with van der Waals surface area (Å²) in [5.41, 5.74) is 1.07. The van der Waals surface area contributed by atoms with E-state index in [0.29, 0.717) is 6.54 Å². The van der Waals surface area contributed by atoms with Gasteiger partial charge in [-0.15, -0.1) is 24.0 Å². The van der Waals surface area contributed by atoms with Gasteiger partial charge in [0.2, 0.25) is 0 Å². The Bertz CT molecular complexity index is 521. The van der Waals surface area contributed by atoms with Gasteiger partial charge in [0.1, 0.15) is 5.82 Å². The molecule has 0 radical (unpaired) electrons. The van der Waals surface area contributed by atoms with Gasteiger partial charge in [0.25, 0.3) is 0 Å². The first-order valence-electron chi connectivity index (χ1n) is 9.23. The zero-order chi connectivity index (χ0) is 17.9. The standard InChI is InChI=1S/C19H31FN4O.HI/c1-3-21-19(23(2)16-17-6-8-18(20)9-7-17)22-10-4-5-11-24-12-14-25-15-13-24;/h6-9H,3-5,10-16H2,1-2H3,(H,21,22);1H. The van der Waals surface area contributed by atoms with E-state index >= 15 is 0 Å². The third-order valence-electron chi connectivity index (χ3n) is 4.28. The lowest BCUT2D eigenvalue weighted by atomic mass is 10.2. The van der Waals surface area contributed by atoms with Crippen molar-refractivity contribution in [3.05, 3.63) is 35.6 Å². The molecule has 0 atom stereocenters. The molecule has 0 spiro atoms. The van der Waals surface area contributed by atoms with Gasteiger partial charge in [-0.05, 0) is 44.0 Å². The number of ether oxygens (including phenoxy) is 1. The van der Waals surface area contributed by atoms with E-state index in [1.807, 2.05) is 19.2 Å². The van der Waals surface area contributed by atoms with Crippen molar-refractivity contribution >= 4 is 29.9 Å². The fraction of sp³-hybridized carbons (Fsp3) is 0.632. The Kier molecular flexibility index (Phi) is 11.8. The largest absolute Gasteiger partial charge is 0.379 e. The monoisotopic (exact) mass is 478 g/mol. The number of benzene rings is 1. The molecule has 0 aliphatic carbocycles. The fourth-order valence-electron chi connectivity index (χ4n) is 2.87. The number of nitrogens with one attached hydrogen (secondary N) is 1.